The summed E-state index contributed by atoms with van der Waals surface area (Å²) in [5.74, 6) is 2.15. The Bertz CT molecular complexity index is 992. The van der Waals surface area contributed by atoms with Gasteiger partial charge in [0.25, 0.3) is 0 Å². The number of nitrogens with zero attached hydrogens (tertiary/aromatic N) is 2. The van der Waals surface area contributed by atoms with Crippen LogP contribution < -0.4 is 19.7 Å². The molecule has 2 fully saturated rings. The predicted octanol–water partition coefficient (Wildman–Crippen LogP) is 4.85. The second-order valence-corrected chi connectivity index (χ2v) is 9.47. The Morgan fingerprint density at radius 2 is 2.09 bits per heavy atom. The topological polar surface area (TPSA) is 54.0 Å². The molecule has 3 aliphatic heterocycles. The molecule has 6 heteroatoms. The maximum Gasteiger partial charge on any atom is 0.417 e. The van der Waals surface area contributed by atoms with Gasteiger partial charge in [0, 0.05) is 49.0 Å². The minimum Gasteiger partial charge on any atom is -0.493 e. The number of carbonyl (C=O) groups excluding carboxylic acids is 1. The second-order valence-electron chi connectivity index (χ2n) is 9.47. The van der Waals surface area contributed by atoms with E-state index in [-0.39, 0.29) is 0 Å². The summed E-state index contributed by atoms with van der Waals surface area (Å²) in [7, 11) is 0. The van der Waals surface area contributed by atoms with Crippen LogP contribution in [0, 0.1) is 12.8 Å². The first-order valence-electron chi connectivity index (χ1n) is 11.9. The third kappa shape index (κ3) is 4.56. The lowest BCUT2D eigenvalue weighted by Crippen LogP contribution is -2.33. The van der Waals surface area contributed by atoms with Gasteiger partial charge in [-0.3, -0.25) is 5.32 Å². The van der Waals surface area contributed by atoms with Crippen LogP contribution in [-0.4, -0.2) is 49.8 Å². The van der Waals surface area contributed by atoms with Gasteiger partial charge in [-0.2, -0.15) is 0 Å². The number of benzene rings is 2. The van der Waals surface area contributed by atoms with Crippen molar-refractivity contribution in [2.24, 2.45) is 5.92 Å². The maximum absolute atomic E-state index is 12.4. The van der Waals surface area contributed by atoms with Crippen LogP contribution in [0.3, 0.4) is 0 Å². The van der Waals surface area contributed by atoms with E-state index in [0.29, 0.717) is 12.4 Å². The highest BCUT2D eigenvalue weighted by atomic mass is 16.6. The van der Waals surface area contributed by atoms with Gasteiger partial charge in [-0.25, -0.2) is 4.79 Å². The van der Waals surface area contributed by atoms with Crippen molar-refractivity contribution in [1.82, 2.24) is 4.90 Å². The number of ether oxygens (including phenoxy) is 2. The quantitative estimate of drug-likeness (QED) is 0.728. The fourth-order valence-electron chi connectivity index (χ4n) is 5.27. The zero-order valence-electron chi connectivity index (χ0n) is 19.1. The Labute approximate surface area is 190 Å². The Hall–Kier alpha value is -2.73. The Morgan fingerprint density at radius 1 is 1.19 bits per heavy atom. The number of fused-ring (bicyclic) bond motifs is 1. The number of likely N-dealkylation sites (tertiary alicyclic amines) is 1. The van der Waals surface area contributed by atoms with Gasteiger partial charge in [-0.05, 0) is 87.5 Å². The number of aryl methyl sites for hydroxylation is 1. The van der Waals surface area contributed by atoms with E-state index >= 15 is 0 Å². The molecule has 2 saturated heterocycles. The second kappa shape index (κ2) is 9.02. The van der Waals surface area contributed by atoms with E-state index in [9.17, 15) is 4.79 Å². The molecule has 0 aromatic heterocycles. The fourth-order valence-corrected chi connectivity index (χ4v) is 5.27. The molecule has 2 aromatic carbocycles. The Balaban J connectivity index is 1.17. The van der Waals surface area contributed by atoms with Crippen LogP contribution in [0.5, 0.6) is 11.5 Å². The fraction of sp³-hybridized carbons (Fsp3) is 0.500. The lowest BCUT2D eigenvalue weighted by Gasteiger charge is -2.25. The molecule has 0 spiro atoms. The summed E-state index contributed by atoms with van der Waals surface area (Å²) < 4.78 is 11.0. The van der Waals surface area contributed by atoms with Gasteiger partial charge in [0.15, 0.2) is 0 Å². The van der Waals surface area contributed by atoms with Crippen molar-refractivity contribution in [3.8, 4) is 11.5 Å². The zero-order chi connectivity index (χ0) is 22.1. The van der Waals surface area contributed by atoms with Crippen LogP contribution in [-0.2, 0) is 6.42 Å². The van der Waals surface area contributed by atoms with E-state index in [4.69, 9.17) is 9.47 Å². The number of carbonyl (C=O) groups is 1. The van der Waals surface area contributed by atoms with Crippen LogP contribution >= 0.6 is 0 Å². The zero-order valence-corrected chi connectivity index (χ0v) is 19.1. The van der Waals surface area contributed by atoms with Crippen LogP contribution in [0.15, 0.2) is 36.4 Å². The normalized spacial score (nSPS) is 22.6. The van der Waals surface area contributed by atoms with Crippen molar-refractivity contribution in [3.05, 3.63) is 47.5 Å². The van der Waals surface area contributed by atoms with Gasteiger partial charge in [0.1, 0.15) is 11.5 Å². The van der Waals surface area contributed by atoms with Gasteiger partial charge >= 0.3 is 6.09 Å². The summed E-state index contributed by atoms with van der Waals surface area (Å²) >= 11 is 0. The van der Waals surface area contributed by atoms with Crippen LogP contribution in [0.2, 0.25) is 0 Å². The van der Waals surface area contributed by atoms with Crippen molar-refractivity contribution in [3.63, 3.8) is 0 Å². The molecule has 2 unspecified atom stereocenters. The average molecular weight is 436 g/mol. The average Bonchev–Trinajstić information content (AvgIpc) is 3.51. The molecule has 6 nitrogen and oxygen atoms in total. The number of amides is 1. The largest absolute Gasteiger partial charge is 0.493 e. The van der Waals surface area contributed by atoms with Gasteiger partial charge in [-0.15, -0.1) is 0 Å². The molecule has 3 heterocycles. The highest BCUT2D eigenvalue weighted by Crippen LogP contribution is 2.31. The molecule has 5 rings (SSSR count). The van der Waals surface area contributed by atoms with E-state index < -0.39 is 6.09 Å². The molecule has 170 valence electrons. The van der Waals surface area contributed by atoms with E-state index in [2.05, 4.69) is 34.2 Å². The van der Waals surface area contributed by atoms with Crippen molar-refractivity contribution >= 4 is 17.5 Å². The number of hydrogen-bond donors (Lipinski definition) is 1. The van der Waals surface area contributed by atoms with Crippen molar-refractivity contribution in [1.29, 1.82) is 0 Å². The lowest BCUT2D eigenvalue weighted by atomic mass is 10.1. The molecular formula is C26H33N3O3. The highest BCUT2D eigenvalue weighted by molar-refractivity contribution is 5.87. The maximum atomic E-state index is 12.4. The van der Waals surface area contributed by atoms with Crippen LogP contribution in [0.4, 0.5) is 16.2 Å². The summed E-state index contributed by atoms with van der Waals surface area (Å²) in [6.07, 6.45) is 4.31. The van der Waals surface area contributed by atoms with E-state index in [1.807, 2.05) is 25.1 Å². The van der Waals surface area contributed by atoms with E-state index in [0.717, 1.165) is 54.0 Å². The monoisotopic (exact) mass is 435 g/mol. The minimum atomic E-state index is -0.472. The first kappa shape index (κ1) is 21.1. The van der Waals surface area contributed by atoms with Gasteiger partial charge in [0.2, 0.25) is 0 Å². The molecule has 2 aromatic rings. The third-order valence-corrected chi connectivity index (χ3v) is 7.15. The molecule has 0 radical (unpaired) electrons. The molecular weight excluding hydrogens is 402 g/mol. The SMILES string of the molecule is Cc1cc(N2CCC(CN3CCCC3C)C2)ccc1NC(=O)Oc1ccc2c(c1)CCO2. The number of anilines is 2. The van der Waals surface area contributed by atoms with E-state index in [1.54, 1.807) is 6.07 Å². The number of hydrogen-bond acceptors (Lipinski definition) is 5. The first-order chi connectivity index (χ1) is 15.5. The van der Waals surface area contributed by atoms with Gasteiger partial charge in [0.05, 0.1) is 6.61 Å². The molecule has 0 bridgehead atoms. The van der Waals surface area contributed by atoms with Crippen molar-refractivity contribution in [2.45, 2.75) is 45.6 Å². The Kier molecular flexibility index (Phi) is 5.96. The third-order valence-electron chi connectivity index (χ3n) is 7.15. The molecule has 1 amide bonds. The van der Waals surface area contributed by atoms with Crippen molar-refractivity contribution < 1.29 is 14.3 Å². The highest BCUT2D eigenvalue weighted by Gasteiger charge is 2.28. The summed E-state index contributed by atoms with van der Waals surface area (Å²) in [6, 6.07) is 12.5. The van der Waals surface area contributed by atoms with Crippen molar-refractivity contribution in [2.75, 3.05) is 43.0 Å². The van der Waals surface area contributed by atoms with E-state index in [1.165, 1.54) is 38.0 Å². The summed E-state index contributed by atoms with van der Waals surface area (Å²) in [4.78, 5) is 17.6. The minimum absolute atomic E-state index is 0.472. The van der Waals surface area contributed by atoms with Crippen LogP contribution in [0.1, 0.15) is 37.3 Å². The first-order valence-corrected chi connectivity index (χ1v) is 11.9. The lowest BCUT2D eigenvalue weighted by molar-refractivity contribution is 0.215. The Morgan fingerprint density at radius 3 is 2.91 bits per heavy atom. The van der Waals surface area contributed by atoms with Crippen LogP contribution in [0.25, 0.3) is 0 Å². The molecule has 32 heavy (non-hydrogen) atoms. The number of nitrogens with one attached hydrogen (secondary N) is 1. The number of rotatable bonds is 5. The summed E-state index contributed by atoms with van der Waals surface area (Å²) in [6.45, 7) is 9.77. The molecule has 2 atom stereocenters. The smallest absolute Gasteiger partial charge is 0.417 e. The molecule has 0 saturated carbocycles. The standard InChI is InChI=1S/C26H33N3O3/c1-18-14-22(29-12-9-20(17-29)16-28-11-3-4-19(28)2)5-7-24(18)27-26(30)32-23-6-8-25-21(15-23)10-13-31-25/h5-8,14-15,19-20H,3-4,9-13,16-17H2,1-2H3,(H,27,30). The molecule has 3 aliphatic rings. The molecule has 1 N–H and O–H groups in total. The molecule has 0 aliphatic carbocycles. The summed E-state index contributed by atoms with van der Waals surface area (Å²) in [5, 5.41) is 2.89. The summed E-state index contributed by atoms with van der Waals surface area (Å²) in [5.41, 5.74) is 4.14. The predicted molar refractivity (Wildman–Crippen MR) is 127 cm³/mol. The van der Waals surface area contributed by atoms with Gasteiger partial charge < -0.3 is 19.3 Å². The van der Waals surface area contributed by atoms with Gasteiger partial charge in [-0.1, -0.05) is 0 Å².